The Morgan fingerprint density at radius 1 is 1.06 bits per heavy atom. The molecule has 0 aliphatic rings. The summed E-state index contributed by atoms with van der Waals surface area (Å²) in [6.07, 6.45) is 1.13. The molecule has 0 saturated carbocycles. The fourth-order valence-corrected chi connectivity index (χ4v) is 6.08. The van der Waals surface area contributed by atoms with Gasteiger partial charge in [0.2, 0.25) is 19.9 Å². The van der Waals surface area contributed by atoms with Gasteiger partial charge in [-0.1, -0.05) is 50.1 Å². The van der Waals surface area contributed by atoms with Gasteiger partial charge in [-0.25, -0.2) is 21.6 Å². The Morgan fingerprint density at radius 3 is 2.18 bits per heavy atom. The fourth-order valence-electron chi connectivity index (χ4n) is 3.30. The van der Waals surface area contributed by atoms with Crippen LogP contribution < -0.4 is 9.46 Å². The van der Waals surface area contributed by atoms with E-state index in [2.05, 4.69) is 4.72 Å². The number of carbonyl (C=O) groups is 1. The van der Waals surface area contributed by atoms with Crippen molar-refractivity contribution in [1.82, 2.24) is 4.72 Å². The minimum Gasteiger partial charge on any atom is -0.497 e. The Labute approximate surface area is 194 Å². The molecule has 0 saturated heterocycles. The Bertz CT molecular complexity index is 1160. The number of hydrogen-bond donors (Lipinski definition) is 3. The number of hydrogen-bond acceptors (Lipinski definition) is 7. The van der Waals surface area contributed by atoms with Gasteiger partial charge in [-0.05, 0) is 36.2 Å². The number of benzene rings is 2. The van der Waals surface area contributed by atoms with Crippen molar-refractivity contribution >= 4 is 30.9 Å². The van der Waals surface area contributed by atoms with Crippen LogP contribution in [0.1, 0.15) is 31.7 Å². The molecule has 0 amide bonds. The Morgan fingerprint density at radius 2 is 1.67 bits per heavy atom. The lowest BCUT2D eigenvalue weighted by molar-refractivity contribution is -0.140. The molecular formula is C22H28N2O7S2. The van der Waals surface area contributed by atoms with E-state index < -0.39 is 48.6 Å². The lowest BCUT2D eigenvalue weighted by atomic mass is 9.97. The highest BCUT2D eigenvalue weighted by atomic mass is 32.2. The topological polar surface area (TPSA) is 151 Å². The Kier molecular flexibility index (Phi) is 9.15. The standard InChI is InChI=1S/C22H28N2O7S2/c1-3-4-10-19(24-32(27,28)15-16-8-6-5-7-9-16)20(22(25)26)21(23)33(29,30)18-13-11-17(31-2)12-14-18/h5-9,11-14,19-20,23-24H,3-4,10,15H2,1-2H3,(H,25,26). The number of methoxy groups -OCH3 is 1. The molecule has 3 N–H and O–H groups in total. The molecule has 2 aromatic carbocycles. The van der Waals surface area contributed by atoms with Gasteiger partial charge in [0, 0.05) is 6.04 Å². The van der Waals surface area contributed by atoms with Crippen LogP contribution in [0.25, 0.3) is 0 Å². The molecule has 0 heterocycles. The molecule has 9 nitrogen and oxygen atoms in total. The molecule has 0 radical (unpaired) electrons. The molecule has 0 spiro atoms. The summed E-state index contributed by atoms with van der Waals surface area (Å²) in [7, 11) is -7.09. The monoisotopic (exact) mass is 496 g/mol. The van der Waals surface area contributed by atoms with E-state index in [0.29, 0.717) is 24.2 Å². The molecule has 2 rings (SSSR count). The molecule has 2 aromatic rings. The molecule has 11 heteroatoms. The zero-order valence-electron chi connectivity index (χ0n) is 18.4. The minimum absolute atomic E-state index is 0.0575. The maximum absolute atomic E-state index is 13.0. The third-order valence-corrected chi connectivity index (χ3v) is 8.11. The van der Waals surface area contributed by atoms with Gasteiger partial charge in [-0.2, -0.15) is 0 Å². The summed E-state index contributed by atoms with van der Waals surface area (Å²) >= 11 is 0. The molecule has 0 aliphatic carbocycles. The first kappa shape index (κ1) is 26.5. The number of sulfonamides is 1. The largest absolute Gasteiger partial charge is 0.497 e. The van der Waals surface area contributed by atoms with Crippen molar-refractivity contribution in [3.05, 3.63) is 60.2 Å². The number of rotatable bonds is 12. The number of aliphatic carboxylic acids is 1. The number of carboxylic acid groups (broad SMARTS) is 1. The van der Waals surface area contributed by atoms with Crippen molar-refractivity contribution in [2.75, 3.05) is 7.11 Å². The van der Waals surface area contributed by atoms with E-state index in [-0.39, 0.29) is 11.3 Å². The van der Waals surface area contributed by atoms with Gasteiger partial charge in [-0.3, -0.25) is 10.2 Å². The zero-order valence-corrected chi connectivity index (χ0v) is 20.0. The van der Waals surface area contributed by atoms with Gasteiger partial charge in [0.05, 0.1) is 17.8 Å². The summed E-state index contributed by atoms with van der Waals surface area (Å²) in [5, 5.41) is 17.0. The van der Waals surface area contributed by atoms with Crippen LogP contribution in [-0.2, 0) is 30.4 Å². The second kappa shape index (κ2) is 11.4. The SMILES string of the molecule is CCCCC(NS(=O)(=O)Cc1ccccc1)C(C(=N)S(=O)(=O)c1ccc(OC)cc1)C(=O)O. The van der Waals surface area contributed by atoms with E-state index in [0.717, 1.165) is 0 Å². The Balaban J connectivity index is 2.38. The average molecular weight is 497 g/mol. The van der Waals surface area contributed by atoms with Crippen LogP contribution in [-0.4, -0.2) is 46.1 Å². The van der Waals surface area contributed by atoms with E-state index in [4.69, 9.17) is 10.1 Å². The van der Waals surface area contributed by atoms with E-state index in [1.54, 1.807) is 30.3 Å². The highest BCUT2D eigenvalue weighted by Crippen LogP contribution is 2.24. The van der Waals surface area contributed by atoms with Crippen LogP contribution in [0, 0.1) is 11.3 Å². The van der Waals surface area contributed by atoms with E-state index >= 15 is 0 Å². The molecule has 2 unspecified atom stereocenters. The van der Waals surface area contributed by atoms with Crippen LogP contribution in [0.5, 0.6) is 5.75 Å². The van der Waals surface area contributed by atoms with Crippen molar-refractivity contribution in [2.45, 2.75) is 42.9 Å². The van der Waals surface area contributed by atoms with Crippen molar-refractivity contribution in [2.24, 2.45) is 5.92 Å². The smallest absolute Gasteiger partial charge is 0.314 e. The van der Waals surface area contributed by atoms with Gasteiger partial charge in [0.15, 0.2) is 0 Å². The molecule has 0 aromatic heterocycles. The second-order valence-electron chi connectivity index (χ2n) is 7.47. The highest BCUT2D eigenvalue weighted by Gasteiger charge is 2.40. The third-order valence-electron chi connectivity index (χ3n) is 5.01. The number of carboxylic acids is 1. The second-order valence-corrected chi connectivity index (χ2v) is 11.1. The minimum atomic E-state index is -4.48. The summed E-state index contributed by atoms with van der Waals surface area (Å²) < 4.78 is 58.9. The summed E-state index contributed by atoms with van der Waals surface area (Å²) in [4.78, 5) is 11.8. The molecule has 0 bridgehead atoms. The van der Waals surface area contributed by atoms with Gasteiger partial charge >= 0.3 is 5.97 Å². The van der Waals surface area contributed by atoms with Gasteiger partial charge < -0.3 is 9.84 Å². The highest BCUT2D eigenvalue weighted by molar-refractivity contribution is 8.06. The third kappa shape index (κ3) is 7.11. The van der Waals surface area contributed by atoms with Crippen LogP contribution in [0.4, 0.5) is 0 Å². The van der Waals surface area contributed by atoms with Crippen molar-refractivity contribution in [3.8, 4) is 5.75 Å². The van der Waals surface area contributed by atoms with E-state index in [1.807, 2.05) is 6.92 Å². The van der Waals surface area contributed by atoms with Crippen LogP contribution in [0.15, 0.2) is 59.5 Å². The first-order chi connectivity index (χ1) is 15.5. The molecule has 2 atom stereocenters. The van der Waals surface area contributed by atoms with E-state index in [9.17, 15) is 26.7 Å². The van der Waals surface area contributed by atoms with Crippen LogP contribution >= 0.6 is 0 Å². The van der Waals surface area contributed by atoms with Gasteiger partial charge in [-0.15, -0.1) is 0 Å². The maximum atomic E-state index is 13.0. The first-order valence-electron chi connectivity index (χ1n) is 10.3. The fraction of sp³-hybridized carbons (Fsp3) is 0.364. The molecular weight excluding hydrogens is 468 g/mol. The van der Waals surface area contributed by atoms with Crippen molar-refractivity contribution in [3.63, 3.8) is 0 Å². The molecule has 0 aliphatic heterocycles. The quantitative estimate of drug-likeness (QED) is 0.302. The summed E-state index contributed by atoms with van der Waals surface area (Å²) in [5.41, 5.74) is 0.493. The normalized spacial score (nSPS) is 13.8. The summed E-state index contributed by atoms with van der Waals surface area (Å²) in [6.45, 7) is 1.84. The summed E-state index contributed by atoms with van der Waals surface area (Å²) in [5.74, 6) is -3.50. The lowest BCUT2D eigenvalue weighted by Crippen LogP contribution is -2.48. The number of ether oxygens (including phenoxy) is 1. The molecule has 180 valence electrons. The lowest BCUT2D eigenvalue weighted by Gasteiger charge is -2.25. The van der Waals surface area contributed by atoms with Crippen molar-refractivity contribution < 1.29 is 31.5 Å². The Hall–Kier alpha value is -2.76. The summed E-state index contributed by atoms with van der Waals surface area (Å²) in [6, 6.07) is 12.2. The molecule has 0 fully saturated rings. The predicted octanol–water partition coefficient (Wildman–Crippen LogP) is 2.83. The predicted molar refractivity (Wildman–Crippen MR) is 125 cm³/mol. The maximum Gasteiger partial charge on any atom is 0.314 e. The van der Waals surface area contributed by atoms with Crippen LogP contribution in [0.2, 0.25) is 0 Å². The molecule has 33 heavy (non-hydrogen) atoms. The number of unbranched alkanes of at least 4 members (excludes halogenated alkanes) is 1. The van der Waals surface area contributed by atoms with E-state index in [1.165, 1.54) is 31.4 Å². The first-order valence-corrected chi connectivity index (χ1v) is 13.4. The zero-order chi connectivity index (χ0) is 24.6. The average Bonchev–Trinajstić information content (AvgIpc) is 2.77. The van der Waals surface area contributed by atoms with Gasteiger partial charge in [0.1, 0.15) is 16.7 Å². The number of nitrogens with one attached hydrogen (secondary N) is 2. The van der Waals surface area contributed by atoms with Crippen molar-refractivity contribution in [1.29, 1.82) is 5.41 Å². The number of sulfone groups is 1. The van der Waals surface area contributed by atoms with Crippen LogP contribution in [0.3, 0.4) is 0 Å². The van der Waals surface area contributed by atoms with Gasteiger partial charge in [0.25, 0.3) is 0 Å².